The highest BCUT2D eigenvalue weighted by Gasteiger charge is 2.03. The molecule has 1 aromatic carbocycles. The normalized spacial score (nSPS) is 10.6. The van der Waals surface area contributed by atoms with Gasteiger partial charge in [0.1, 0.15) is 17.6 Å². The summed E-state index contributed by atoms with van der Waals surface area (Å²) in [6.07, 6.45) is 4.88. The third kappa shape index (κ3) is 1.94. The van der Waals surface area contributed by atoms with E-state index >= 15 is 0 Å². The predicted octanol–water partition coefficient (Wildman–Crippen LogP) is 1.86. The molecule has 0 saturated carbocycles. The Kier molecular flexibility index (Phi) is 2.42. The molecule has 5 nitrogen and oxygen atoms in total. The fraction of sp³-hybridized carbons (Fsp3) is 0.0833. The van der Waals surface area contributed by atoms with Crippen LogP contribution in [0.4, 0.5) is 0 Å². The van der Waals surface area contributed by atoms with Crippen LogP contribution in [-0.4, -0.2) is 19.5 Å². The van der Waals surface area contributed by atoms with Crippen LogP contribution in [0, 0.1) is 0 Å². The maximum Gasteiger partial charge on any atom is 0.167 e. The van der Waals surface area contributed by atoms with E-state index in [1.807, 2.05) is 34.9 Å². The predicted molar refractivity (Wildman–Crippen MR) is 62.4 cm³/mol. The number of para-hydroxylation sites is 1. The number of hydrogen-bond acceptors (Lipinski definition) is 4. The van der Waals surface area contributed by atoms with Gasteiger partial charge in [-0.25, -0.2) is 15.0 Å². The second-order valence-electron chi connectivity index (χ2n) is 3.53. The number of rotatable bonds is 3. The maximum absolute atomic E-state index is 5.62. The van der Waals surface area contributed by atoms with E-state index in [1.54, 1.807) is 12.5 Å². The molecule has 0 aliphatic heterocycles. The van der Waals surface area contributed by atoms with E-state index in [1.165, 1.54) is 6.33 Å². The van der Waals surface area contributed by atoms with Crippen LogP contribution in [0.2, 0.25) is 0 Å². The van der Waals surface area contributed by atoms with E-state index in [9.17, 15) is 0 Å². The van der Waals surface area contributed by atoms with Crippen molar-refractivity contribution in [2.75, 3.05) is 0 Å². The summed E-state index contributed by atoms with van der Waals surface area (Å²) in [5.41, 5.74) is 1.54. The fourth-order valence-corrected chi connectivity index (χ4v) is 1.57. The second-order valence-corrected chi connectivity index (χ2v) is 3.53. The molecule has 0 N–H and O–H groups in total. The Labute approximate surface area is 97.7 Å². The summed E-state index contributed by atoms with van der Waals surface area (Å²) in [5.74, 6) is 0.823. The number of ether oxygens (including phenoxy) is 1. The van der Waals surface area contributed by atoms with Gasteiger partial charge < -0.3 is 4.74 Å². The summed E-state index contributed by atoms with van der Waals surface area (Å²) in [5, 5.41) is 0. The smallest absolute Gasteiger partial charge is 0.167 e. The van der Waals surface area contributed by atoms with Gasteiger partial charge in [-0.1, -0.05) is 18.2 Å². The van der Waals surface area contributed by atoms with Gasteiger partial charge in [-0.15, -0.1) is 0 Å². The van der Waals surface area contributed by atoms with Crippen molar-refractivity contribution in [1.82, 2.24) is 19.5 Å². The number of fused-ring (bicyclic) bond motifs is 1. The average molecular weight is 226 g/mol. The van der Waals surface area contributed by atoms with E-state index in [-0.39, 0.29) is 0 Å². The van der Waals surface area contributed by atoms with Crippen molar-refractivity contribution >= 4 is 11.2 Å². The first-order chi connectivity index (χ1) is 8.43. The molecule has 0 amide bonds. The molecule has 0 spiro atoms. The van der Waals surface area contributed by atoms with Crippen LogP contribution in [0.1, 0.15) is 0 Å². The Hall–Kier alpha value is -2.43. The highest BCUT2D eigenvalue weighted by Crippen LogP contribution is 2.11. The summed E-state index contributed by atoms with van der Waals surface area (Å²) >= 11 is 0. The van der Waals surface area contributed by atoms with Crippen LogP contribution in [0.15, 0.2) is 49.2 Å². The molecular formula is C12H10N4O. The zero-order chi connectivity index (χ0) is 11.5. The first-order valence-corrected chi connectivity index (χ1v) is 5.22. The van der Waals surface area contributed by atoms with Crippen molar-refractivity contribution in [2.24, 2.45) is 0 Å². The Bertz CT molecular complexity index is 620. The fourth-order valence-electron chi connectivity index (χ4n) is 1.57. The zero-order valence-corrected chi connectivity index (χ0v) is 9.02. The minimum Gasteiger partial charge on any atom is -0.473 e. The first-order valence-electron chi connectivity index (χ1n) is 5.22. The molecular weight excluding hydrogens is 216 g/mol. The van der Waals surface area contributed by atoms with E-state index in [0.29, 0.717) is 6.73 Å². The average Bonchev–Trinajstić information content (AvgIpc) is 2.81. The van der Waals surface area contributed by atoms with Gasteiger partial charge >= 0.3 is 0 Å². The monoisotopic (exact) mass is 226 g/mol. The van der Waals surface area contributed by atoms with Crippen LogP contribution < -0.4 is 4.74 Å². The molecule has 3 rings (SSSR count). The van der Waals surface area contributed by atoms with E-state index in [2.05, 4.69) is 15.0 Å². The van der Waals surface area contributed by atoms with Crippen LogP contribution in [-0.2, 0) is 6.73 Å². The van der Waals surface area contributed by atoms with Gasteiger partial charge in [-0.3, -0.25) is 4.57 Å². The molecule has 2 heterocycles. The van der Waals surface area contributed by atoms with E-state index in [0.717, 1.165) is 16.9 Å². The Morgan fingerprint density at radius 2 is 2.00 bits per heavy atom. The minimum absolute atomic E-state index is 0.386. The lowest BCUT2D eigenvalue weighted by Gasteiger charge is -2.06. The van der Waals surface area contributed by atoms with Crippen LogP contribution >= 0.6 is 0 Å². The third-order valence-electron chi connectivity index (χ3n) is 2.39. The maximum atomic E-state index is 5.62. The minimum atomic E-state index is 0.386. The highest BCUT2D eigenvalue weighted by molar-refractivity contribution is 5.68. The van der Waals surface area contributed by atoms with Crippen molar-refractivity contribution in [1.29, 1.82) is 0 Å². The number of imidazole rings is 1. The SMILES string of the molecule is c1ccc(OCn2cnc3cncnc32)cc1. The number of aromatic nitrogens is 4. The van der Waals surface area contributed by atoms with Crippen molar-refractivity contribution in [3.8, 4) is 5.75 Å². The molecule has 0 unspecified atom stereocenters. The first kappa shape index (κ1) is 9.77. The molecule has 84 valence electrons. The summed E-state index contributed by atoms with van der Waals surface area (Å²) < 4.78 is 7.46. The van der Waals surface area contributed by atoms with E-state index < -0.39 is 0 Å². The van der Waals surface area contributed by atoms with Gasteiger partial charge in [0.2, 0.25) is 0 Å². The second kappa shape index (κ2) is 4.21. The topological polar surface area (TPSA) is 52.8 Å². The molecule has 0 fully saturated rings. The summed E-state index contributed by atoms with van der Waals surface area (Å²) in [7, 11) is 0. The molecule has 0 aliphatic carbocycles. The molecule has 17 heavy (non-hydrogen) atoms. The zero-order valence-electron chi connectivity index (χ0n) is 9.02. The van der Waals surface area contributed by atoms with Crippen LogP contribution in [0.5, 0.6) is 5.75 Å². The lowest BCUT2D eigenvalue weighted by molar-refractivity contribution is 0.240. The summed E-state index contributed by atoms with van der Waals surface area (Å²) in [4.78, 5) is 12.3. The van der Waals surface area contributed by atoms with Gasteiger partial charge in [0.25, 0.3) is 0 Å². The number of hydrogen-bond donors (Lipinski definition) is 0. The summed E-state index contributed by atoms with van der Waals surface area (Å²) in [6.45, 7) is 0.386. The molecule has 0 bridgehead atoms. The van der Waals surface area contributed by atoms with E-state index in [4.69, 9.17) is 4.74 Å². The largest absolute Gasteiger partial charge is 0.473 e. The Morgan fingerprint density at radius 3 is 2.88 bits per heavy atom. The molecule has 2 aromatic heterocycles. The summed E-state index contributed by atoms with van der Waals surface area (Å²) in [6, 6.07) is 9.64. The third-order valence-corrected chi connectivity index (χ3v) is 2.39. The van der Waals surface area contributed by atoms with Crippen LogP contribution in [0.25, 0.3) is 11.2 Å². The molecule has 0 aliphatic rings. The van der Waals surface area contributed by atoms with Crippen molar-refractivity contribution in [3.05, 3.63) is 49.2 Å². The van der Waals surface area contributed by atoms with Crippen molar-refractivity contribution in [2.45, 2.75) is 6.73 Å². The van der Waals surface area contributed by atoms with Crippen molar-refractivity contribution in [3.63, 3.8) is 0 Å². The molecule has 0 atom stereocenters. The van der Waals surface area contributed by atoms with Gasteiger partial charge in [0, 0.05) is 0 Å². The molecule has 3 aromatic rings. The highest BCUT2D eigenvalue weighted by atomic mass is 16.5. The quantitative estimate of drug-likeness (QED) is 0.684. The van der Waals surface area contributed by atoms with Crippen molar-refractivity contribution < 1.29 is 4.74 Å². The Morgan fingerprint density at radius 1 is 1.12 bits per heavy atom. The lowest BCUT2D eigenvalue weighted by atomic mass is 10.3. The Balaban J connectivity index is 1.82. The number of nitrogens with zero attached hydrogens (tertiary/aromatic N) is 4. The van der Waals surface area contributed by atoms with Gasteiger partial charge in [-0.05, 0) is 12.1 Å². The van der Waals surface area contributed by atoms with Gasteiger partial charge in [0.15, 0.2) is 12.4 Å². The van der Waals surface area contributed by atoms with Crippen LogP contribution in [0.3, 0.4) is 0 Å². The molecule has 0 radical (unpaired) electrons. The lowest BCUT2D eigenvalue weighted by Crippen LogP contribution is -2.04. The number of benzene rings is 1. The van der Waals surface area contributed by atoms with Gasteiger partial charge in [0.05, 0.1) is 12.5 Å². The standard InChI is InChI=1S/C12H10N4O/c1-2-4-10(5-3-1)17-9-16-8-15-11-6-13-7-14-12(11)16/h1-8H,9H2. The van der Waals surface area contributed by atoms with Gasteiger partial charge in [-0.2, -0.15) is 0 Å². The molecule has 5 heteroatoms. The molecule has 0 saturated heterocycles.